The molecule has 0 spiro atoms. The molecule has 0 aromatic carbocycles. The van der Waals surface area contributed by atoms with E-state index in [9.17, 15) is 0 Å². The van der Waals surface area contributed by atoms with Crippen molar-refractivity contribution in [3.8, 4) is 0 Å². The van der Waals surface area contributed by atoms with Crippen molar-refractivity contribution in [2.75, 3.05) is 14.1 Å². The third kappa shape index (κ3) is 6.42. The summed E-state index contributed by atoms with van der Waals surface area (Å²) in [6.45, 7) is 6.94. The van der Waals surface area contributed by atoms with E-state index < -0.39 is 0 Å². The van der Waals surface area contributed by atoms with Gasteiger partial charge in [0.05, 0.1) is 0 Å². The van der Waals surface area contributed by atoms with Crippen molar-refractivity contribution < 1.29 is 0 Å². The van der Waals surface area contributed by atoms with E-state index in [1.807, 2.05) is 0 Å². The smallest absolute Gasteiger partial charge is 0.0147 e. The summed E-state index contributed by atoms with van der Waals surface area (Å²) in [6.07, 6.45) is 9.74. The monoisotopic (exact) mass is 199 g/mol. The molecule has 86 valence electrons. The lowest BCUT2D eigenvalue weighted by molar-refractivity contribution is 0.177. The molecule has 0 radical (unpaired) electrons. The van der Waals surface area contributed by atoms with Crippen molar-refractivity contribution in [1.82, 2.24) is 4.90 Å². The van der Waals surface area contributed by atoms with E-state index in [1.165, 1.54) is 44.9 Å². The molecule has 0 saturated carbocycles. The fourth-order valence-corrected chi connectivity index (χ4v) is 1.56. The largest absolute Gasteiger partial charge is 0.304 e. The Hall–Kier alpha value is -0.0400. The molecule has 0 aliphatic carbocycles. The molecule has 1 nitrogen and oxygen atoms in total. The third-order valence-corrected chi connectivity index (χ3v) is 3.35. The Morgan fingerprint density at radius 1 is 0.857 bits per heavy atom. The van der Waals surface area contributed by atoms with Gasteiger partial charge in [-0.15, -0.1) is 0 Å². The molecule has 14 heavy (non-hydrogen) atoms. The molecule has 0 aromatic heterocycles. The quantitative estimate of drug-likeness (QED) is 0.532. The van der Waals surface area contributed by atoms with Crippen molar-refractivity contribution in [1.29, 1.82) is 0 Å². The zero-order valence-corrected chi connectivity index (χ0v) is 10.9. The van der Waals surface area contributed by atoms with Crippen LogP contribution in [0.5, 0.6) is 0 Å². The van der Waals surface area contributed by atoms with Gasteiger partial charge in [-0.2, -0.15) is 0 Å². The van der Waals surface area contributed by atoms with E-state index >= 15 is 0 Å². The molecule has 0 aliphatic heterocycles. The summed E-state index contributed by atoms with van der Waals surface area (Å²) < 4.78 is 0. The topological polar surface area (TPSA) is 3.24 Å². The Balaban J connectivity index is 3.35. The van der Waals surface area contributed by atoms with Crippen LogP contribution in [0.1, 0.15) is 65.7 Å². The van der Waals surface area contributed by atoms with Gasteiger partial charge in [-0.25, -0.2) is 0 Å². The molecular weight excluding hydrogens is 170 g/mol. The van der Waals surface area contributed by atoms with Gasteiger partial charge in [-0.3, -0.25) is 0 Å². The van der Waals surface area contributed by atoms with E-state index in [4.69, 9.17) is 0 Å². The second kappa shape index (κ2) is 7.28. The molecule has 0 atom stereocenters. The number of rotatable bonds is 8. The Morgan fingerprint density at radius 3 is 1.86 bits per heavy atom. The first-order valence-electron chi connectivity index (χ1n) is 6.18. The molecule has 0 N–H and O–H groups in total. The van der Waals surface area contributed by atoms with E-state index in [0.29, 0.717) is 5.54 Å². The molecule has 1 heteroatoms. The maximum Gasteiger partial charge on any atom is 0.0147 e. The SMILES string of the molecule is CCCCCCCCC(C)(C)N(C)C. The average Bonchev–Trinajstić information content (AvgIpc) is 2.10. The van der Waals surface area contributed by atoms with Gasteiger partial charge >= 0.3 is 0 Å². The van der Waals surface area contributed by atoms with Crippen LogP contribution in [0.3, 0.4) is 0 Å². The molecule has 0 unspecified atom stereocenters. The fourth-order valence-electron chi connectivity index (χ4n) is 1.56. The van der Waals surface area contributed by atoms with Gasteiger partial charge in [-0.1, -0.05) is 45.4 Å². The summed E-state index contributed by atoms with van der Waals surface area (Å²) in [7, 11) is 4.36. The molecule has 0 rings (SSSR count). The van der Waals surface area contributed by atoms with Gasteiger partial charge < -0.3 is 4.90 Å². The fraction of sp³-hybridized carbons (Fsp3) is 1.00. The van der Waals surface area contributed by atoms with Gasteiger partial charge in [0.1, 0.15) is 0 Å². The van der Waals surface area contributed by atoms with Crippen molar-refractivity contribution in [2.24, 2.45) is 0 Å². The zero-order chi connectivity index (χ0) is 11.0. The van der Waals surface area contributed by atoms with E-state index in [0.717, 1.165) is 0 Å². The highest BCUT2D eigenvalue weighted by Gasteiger charge is 2.18. The van der Waals surface area contributed by atoms with Gasteiger partial charge in [0.25, 0.3) is 0 Å². The van der Waals surface area contributed by atoms with Crippen LogP contribution in [0.2, 0.25) is 0 Å². The van der Waals surface area contributed by atoms with E-state index in [2.05, 4.69) is 39.8 Å². The molecule has 0 bridgehead atoms. The summed E-state index contributed by atoms with van der Waals surface area (Å²) in [5.74, 6) is 0. The van der Waals surface area contributed by atoms with Crippen molar-refractivity contribution >= 4 is 0 Å². The molecular formula is C13H29N. The third-order valence-electron chi connectivity index (χ3n) is 3.35. The number of nitrogens with zero attached hydrogens (tertiary/aromatic N) is 1. The predicted molar refractivity (Wildman–Crippen MR) is 65.8 cm³/mol. The van der Waals surface area contributed by atoms with Crippen LogP contribution < -0.4 is 0 Å². The minimum absolute atomic E-state index is 0.380. The van der Waals surface area contributed by atoms with E-state index in [-0.39, 0.29) is 0 Å². The van der Waals surface area contributed by atoms with Crippen LogP contribution in [0, 0.1) is 0 Å². The maximum absolute atomic E-state index is 2.33. The highest BCUT2D eigenvalue weighted by atomic mass is 15.1. The van der Waals surface area contributed by atoms with Crippen LogP contribution in [-0.2, 0) is 0 Å². The first kappa shape index (κ1) is 14.0. The van der Waals surface area contributed by atoms with Crippen LogP contribution in [-0.4, -0.2) is 24.5 Å². The number of hydrogen-bond donors (Lipinski definition) is 0. The number of unbranched alkanes of at least 4 members (excludes halogenated alkanes) is 5. The lowest BCUT2D eigenvalue weighted by Gasteiger charge is -2.32. The Morgan fingerprint density at radius 2 is 1.36 bits per heavy atom. The minimum atomic E-state index is 0.380. The lowest BCUT2D eigenvalue weighted by atomic mass is 9.95. The normalized spacial score (nSPS) is 12.4. The van der Waals surface area contributed by atoms with Crippen LogP contribution in [0.15, 0.2) is 0 Å². The highest BCUT2D eigenvalue weighted by molar-refractivity contribution is 4.76. The van der Waals surface area contributed by atoms with Crippen molar-refractivity contribution in [2.45, 2.75) is 71.3 Å². The molecule has 0 aliphatic rings. The summed E-state index contributed by atoms with van der Waals surface area (Å²) in [5, 5.41) is 0. The zero-order valence-electron chi connectivity index (χ0n) is 10.9. The highest BCUT2D eigenvalue weighted by Crippen LogP contribution is 2.19. The molecule has 0 aromatic rings. The predicted octanol–water partition coefficient (Wildman–Crippen LogP) is 4.08. The van der Waals surface area contributed by atoms with Crippen LogP contribution in [0.25, 0.3) is 0 Å². The first-order chi connectivity index (χ1) is 6.50. The average molecular weight is 199 g/mol. The molecule has 0 heterocycles. The standard InChI is InChI=1S/C13H29N/c1-6-7-8-9-10-11-12-13(2,3)14(4)5/h6-12H2,1-5H3. The molecule has 0 fully saturated rings. The van der Waals surface area contributed by atoms with Crippen LogP contribution >= 0.6 is 0 Å². The number of hydrogen-bond acceptors (Lipinski definition) is 1. The lowest BCUT2D eigenvalue weighted by Crippen LogP contribution is -2.37. The first-order valence-corrected chi connectivity index (χ1v) is 6.18. The Labute approximate surface area is 90.9 Å². The summed E-state index contributed by atoms with van der Waals surface area (Å²) >= 11 is 0. The molecule has 0 amide bonds. The van der Waals surface area contributed by atoms with Gasteiger partial charge in [0.2, 0.25) is 0 Å². The minimum Gasteiger partial charge on any atom is -0.304 e. The summed E-state index contributed by atoms with van der Waals surface area (Å²) in [6, 6.07) is 0. The van der Waals surface area contributed by atoms with Crippen molar-refractivity contribution in [3.05, 3.63) is 0 Å². The van der Waals surface area contributed by atoms with Gasteiger partial charge in [0, 0.05) is 5.54 Å². The van der Waals surface area contributed by atoms with Gasteiger partial charge in [-0.05, 0) is 34.4 Å². The second-order valence-corrected chi connectivity index (χ2v) is 5.22. The maximum atomic E-state index is 2.33. The Kier molecular flexibility index (Phi) is 7.26. The van der Waals surface area contributed by atoms with Crippen LogP contribution in [0.4, 0.5) is 0 Å². The summed E-state index contributed by atoms with van der Waals surface area (Å²) in [4.78, 5) is 2.33. The summed E-state index contributed by atoms with van der Waals surface area (Å²) in [5.41, 5.74) is 0.380. The van der Waals surface area contributed by atoms with E-state index in [1.54, 1.807) is 0 Å². The van der Waals surface area contributed by atoms with Crippen molar-refractivity contribution in [3.63, 3.8) is 0 Å². The second-order valence-electron chi connectivity index (χ2n) is 5.22. The molecule has 0 saturated heterocycles. The van der Waals surface area contributed by atoms with Gasteiger partial charge in [0.15, 0.2) is 0 Å². The Bertz CT molecular complexity index is 127.